The van der Waals surface area contributed by atoms with Gasteiger partial charge in [0.1, 0.15) is 0 Å². The van der Waals surface area contributed by atoms with Crippen molar-refractivity contribution in [1.29, 1.82) is 0 Å². The summed E-state index contributed by atoms with van der Waals surface area (Å²) in [6, 6.07) is 8.03. The molecule has 1 amide bonds. The fraction of sp³-hybridized carbons (Fsp3) is 0.462. The molecule has 0 aliphatic carbocycles. The van der Waals surface area contributed by atoms with Crippen LogP contribution in [0.1, 0.15) is 24.4 Å². The van der Waals surface area contributed by atoms with E-state index in [1.165, 1.54) is 0 Å². The molecule has 1 N–H and O–H groups in total. The molecular formula is C13H18N2O2. The van der Waals surface area contributed by atoms with E-state index in [0.717, 1.165) is 24.1 Å². The summed E-state index contributed by atoms with van der Waals surface area (Å²) in [6.07, 6.45) is 1.04. The van der Waals surface area contributed by atoms with Gasteiger partial charge in [-0.15, -0.1) is 0 Å². The molecule has 92 valence electrons. The SMILES string of the molecule is CN(C)c1ccccc1C1CCCN1C(=O)O. The predicted molar refractivity (Wildman–Crippen MR) is 67.5 cm³/mol. The summed E-state index contributed by atoms with van der Waals surface area (Å²) in [5.74, 6) is 0. The van der Waals surface area contributed by atoms with Gasteiger partial charge in [-0.3, -0.25) is 0 Å². The van der Waals surface area contributed by atoms with Crippen LogP contribution >= 0.6 is 0 Å². The van der Waals surface area contributed by atoms with Crippen LogP contribution in [0.25, 0.3) is 0 Å². The van der Waals surface area contributed by atoms with E-state index in [1.54, 1.807) is 4.90 Å². The van der Waals surface area contributed by atoms with Crippen molar-refractivity contribution >= 4 is 11.8 Å². The van der Waals surface area contributed by atoms with Crippen molar-refractivity contribution in [2.24, 2.45) is 0 Å². The lowest BCUT2D eigenvalue weighted by molar-refractivity contribution is 0.140. The van der Waals surface area contributed by atoms with Gasteiger partial charge in [0.25, 0.3) is 0 Å². The van der Waals surface area contributed by atoms with Crippen molar-refractivity contribution in [3.8, 4) is 0 Å². The molecule has 1 aliphatic rings. The van der Waals surface area contributed by atoms with Crippen LogP contribution in [0.15, 0.2) is 24.3 Å². The first-order chi connectivity index (χ1) is 8.11. The van der Waals surface area contributed by atoms with E-state index < -0.39 is 6.09 Å². The molecule has 17 heavy (non-hydrogen) atoms. The summed E-state index contributed by atoms with van der Waals surface area (Å²) in [4.78, 5) is 14.8. The van der Waals surface area contributed by atoms with Crippen LogP contribution in [0.3, 0.4) is 0 Å². The van der Waals surface area contributed by atoms with Crippen LogP contribution < -0.4 is 4.90 Å². The fourth-order valence-corrected chi connectivity index (χ4v) is 2.50. The largest absolute Gasteiger partial charge is 0.465 e. The highest BCUT2D eigenvalue weighted by Crippen LogP contribution is 2.36. The third kappa shape index (κ3) is 2.20. The second kappa shape index (κ2) is 4.65. The van der Waals surface area contributed by atoms with E-state index in [-0.39, 0.29) is 6.04 Å². The highest BCUT2D eigenvalue weighted by molar-refractivity contribution is 5.67. The molecule has 1 atom stereocenters. The molecule has 0 aromatic heterocycles. The molecule has 0 bridgehead atoms. The van der Waals surface area contributed by atoms with E-state index in [2.05, 4.69) is 0 Å². The first kappa shape index (κ1) is 11.8. The Balaban J connectivity index is 2.36. The lowest BCUT2D eigenvalue weighted by atomic mass is 10.0. The van der Waals surface area contributed by atoms with E-state index in [0.29, 0.717) is 6.54 Å². The second-order valence-electron chi connectivity index (χ2n) is 4.59. The molecule has 1 aliphatic heterocycles. The zero-order chi connectivity index (χ0) is 12.4. The van der Waals surface area contributed by atoms with Crippen molar-refractivity contribution in [3.05, 3.63) is 29.8 Å². The molecule has 0 saturated carbocycles. The number of benzene rings is 1. The Morgan fingerprint density at radius 2 is 2.12 bits per heavy atom. The van der Waals surface area contributed by atoms with Crippen molar-refractivity contribution < 1.29 is 9.90 Å². The molecule has 0 spiro atoms. The normalized spacial score (nSPS) is 19.4. The molecule has 1 aromatic carbocycles. The number of nitrogens with zero attached hydrogens (tertiary/aromatic N) is 2. The van der Waals surface area contributed by atoms with Crippen molar-refractivity contribution in [2.75, 3.05) is 25.5 Å². The van der Waals surface area contributed by atoms with Gasteiger partial charge >= 0.3 is 6.09 Å². The number of hydrogen-bond donors (Lipinski definition) is 1. The van der Waals surface area contributed by atoms with Crippen LogP contribution in [-0.4, -0.2) is 36.7 Å². The monoisotopic (exact) mass is 234 g/mol. The van der Waals surface area contributed by atoms with E-state index >= 15 is 0 Å². The van der Waals surface area contributed by atoms with E-state index in [1.807, 2.05) is 43.3 Å². The van der Waals surface area contributed by atoms with Crippen LogP contribution in [0.5, 0.6) is 0 Å². The minimum atomic E-state index is -0.818. The summed E-state index contributed by atoms with van der Waals surface area (Å²) in [6.45, 7) is 0.641. The van der Waals surface area contributed by atoms with Crippen LogP contribution in [0.4, 0.5) is 10.5 Å². The van der Waals surface area contributed by atoms with Crippen molar-refractivity contribution in [2.45, 2.75) is 18.9 Å². The third-order valence-electron chi connectivity index (χ3n) is 3.28. The number of anilines is 1. The minimum Gasteiger partial charge on any atom is -0.465 e. The highest BCUT2D eigenvalue weighted by Gasteiger charge is 2.31. The molecule has 2 rings (SSSR count). The summed E-state index contributed by atoms with van der Waals surface area (Å²) in [5.41, 5.74) is 2.21. The number of hydrogen-bond acceptors (Lipinski definition) is 2. The predicted octanol–water partition coefficient (Wildman–Crippen LogP) is 2.57. The number of likely N-dealkylation sites (tertiary alicyclic amines) is 1. The van der Waals surface area contributed by atoms with Gasteiger partial charge in [0.2, 0.25) is 0 Å². The number of carbonyl (C=O) groups is 1. The van der Waals surface area contributed by atoms with Gasteiger partial charge in [-0.25, -0.2) is 4.79 Å². The van der Waals surface area contributed by atoms with Crippen molar-refractivity contribution in [1.82, 2.24) is 4.90 Å². The van der Waals surface area contributed by atoms with Gasteiger partial charge in [-0.1, -0.05) is 18.2 Å². The van der Waals surface area contributed by atoms with Gasteiger partial charge in [-0.2, -0.15) is 0 Å². The maximum Gasteiger partial charge on any atom is 0.407 e. The highest BCUT2D eigenvalue weighted by atomic mass is 16.4. The summed E-state index contributed by atoms with van der Waals surface area (Å²) < 4.78 is 0. The molecule has 0 radical (unpaired) electrons. The number of rotatable bonds is 2. The molecule has 1 heterocycles. The number of carboxylic acid groups (broad SMARTS) is 1. The Morgan fingerprint density at radius 3 is 2.76 bits per heavy atom. The molecular weight excluding hydrogens is 216 g/mol. The summed E-state index contributed by atoms with van der Waals surface area (Å²) in [5, 5.41) is 9.19. The Hall–Kier alpha value is -1.71. The number of para-hydroxylation sites is 1. The van der Waals surface area contributed by atoms with Crippen LogP contribution in [0, 0.1) is 0 Å². The maximum absolute atomic E-state index is 11.2. The first-order valence-corrected chi connectivity index (χ1v) is 5.87. The summed E-state index contributed by atoms with van der Waals surface area (Å²) in [7, 11) is 3.97. The Labute approximate surface area is 101 Å². The molecule has 4 nitrogen and oxygen atoms in total. The van der Waals surface area contributed by atoms with Crippen LogP contribution in [-0.2, 0) is 0 Å². The van der Waals surface area contributed by atoms with Gasteiger partial charge in [-0.05, 0) is 24.5 Å². The second-order valence-corrected chi connectivity index (χ2v) is 4.59. The smallest absolute Gasteiger partial charge is 0.407 e. The topological polar surface area (TPSA) is 43.8 Å². The average molecular weight is 234 g/mol. The van der Waals surface area contributed by atoms with E-state index in [9.17, 15) is 9.90 Å². The molecule has 1 saturated heterocycles. The average Bonchev–Trinajstić information content (AvgIpc) is 2.77. The first-order valence-electron chi connectivity index (χ1n) is 5.87. The summed E-state index contributed by atoms with van der Waals surface area (Å²) >= 11 is 0. The van der Waals surface area contributed by atoms with Gasteiger partial charge < -0.3 is 14.9 Å². The Bertz CT molecular complexity index is 418. The zero-order valence-corrected chi connectivity index (χ0v) is 10.3. The lowest BCUT2D eigenvalue weighted by Gasteiger charge is -2.26. The zero-order valence-electron chi connectivity index (χ0n) is 10.3. The minimum absolute atomic E-state index is 0.00565. The maximum atomic E-state index is 11.2. The molecule has 1 fully saturated rings. The van der Waals surface area contributed by atoms with Crippen LogP contribution in [0.2, 0.25) is 0 Å². The van der Waals surface area contributed by atoms with Gasteiger partial charge in [0.15, 0.2) is 0 Å². The molecule has 1 unspecified atom stereocenters. The van der Waals surface area contributed by atoms with Gasteiger partial charge in [0.05, 0.1) is 6.04 Å². The number of amides is 1. The quantitative estimate of drug-likeness (QED) is 0.855. The lowest BCUT2D eigenvalue weighted by Crippen LogP contribution is -2.29. The van der Waals surface area contributed by atoms with E-state index in [4.69, 9.17) is 0 Å². The Kier molecular flexibility index (Phi) is 3.22. The van der Waals surface area contributed by atoms with Crippen molar-refractivity contribution in [3.63, 3.8) is 0 Å². The standard InChI is InChI=1S/C13H18N2O2/c1-14(2)11-7-4-3-6-10(11)12-8-5-9-15(12)13(16)17/h3-4,6-7,12H,5,8-9H2,1-2H3,(H,16,17). The third-order valence-corrected chi connectivity index (χ3v) is 3.28. The molecule has 1 aromatic rings. The fourth-order valence-electron chi connectivity index (χ4n) is 2.50. The molecule has 4 heteroatoms. The Morgan fingerprint density at radius 1 is 1.41 bits per heavy atom. The van der Waals surface area contributed by atoms with Gasteiger partial charge in [0, 0.05) is 26.3 Å².